The Labute approximate surface area is 195 Å². The lowest BCUT2D eigenvalue weighted by molar-refractivity contribution is -0.906. The average molecular weight is 531 g/mol. The first-order valence-electron chi connectivity index (χ1n) is 10.2. The zero-order valence-corrected chi connectivity index (χ0v) is 19.6. The van der Waals surface area contributed by atoms with E-state index in [2.05, 4.69) is 26.3 Å². The summed E-state index contributed by atoms with van der Waals surface area (Å²) in [4.78, 5) is 0. The van der Waals surface area contributed by atoms with Crippen LogP contribution in [0.4, 0.5) is 35.3 Å². The first-order chi connectivity index (χ1) is 15.5. The summed E-state index contributed by atoms with van der Waals surface area (Å²) in [6.45, 7) is 18.8. The van der Waals surface area contributed by atoms with E-state index in [0.717, 1.165) is 30.7 Å². The molecule has 0 aliphatic heterocycles. The minimum Gasteiger partial charge on any atom is -0.311 e. The topological polar surface area (TPSA) is 43.4 Å². The van der Waals surface area contributed by atoms with E-state index >= 15 is 0 Å². The van der Waals surface area contributed by atoms with Crippen molar-refractivity contribution in [3.05, 3.63) is 50.6 Å². The molecular formula is C21H32F8NO3S+. The number of alkyl halides is 7. The standard InChI is InChI=1S/C12H20N.C9H12F8O3S/c1-5-9-13(10-6-2,11-7-3)12-8-4;10-7(11,9(15,16)21(18,19)20-17)5-3-1-2-4-6-8(12,13)14/h5-8H,1-4,9-12H2;1-6H2/q+1;. The summed E-state index contributed by atoms with van der Waals surface area (Å²) in [7, 11) is -6.42. The second-order valence-electron chi connectivity index (χ2n) is 7.49. The third-order valence-corrected chi connectivity index (χ3v) is 5.68. The fourth-order valence-corrected chi connectivity index (χ4v) is 3.48. The quantitative estimate of drug-likeness (QED) is 0.0890. The van der Waals surface area contributed by atoms with E-state index in [1.165, 1.54) is 0 Å². The molecule has 0 spiro atoms. The molecule has 0 aliphatic rings. The van der Waals surface area contributed by atoms with Gasteiger partial charge in [-0.3, -0.25) is 0 Å². The fraction of sp³-hybridized carbons (Fsp3) is 0.619. The molecular weight excluding hydrogens is 498 g/mol. The van der Waals surface area contributed by atoms with Crippen molar-refractivity contribution in [1.29, 1.82) is 0 Å². The minimum absolute atomic E-state index is 0.145. The molecule has 0 bridgehead atoms. The molecule has 0 aromatic heterocycles. The lowest BCUT2D eigenvalue weighted by Crippen LogP contribution is -2.48. The number of hydrogen-bond acceptors (Lipinski definition) is 3. The van der Waals surface area contributed by atoms with Gasteiger partial charge in [-0.15, -0.1) is 0 Å². The largest absolute Gasteiger partial charge is 0.434 e. The summed E-state index contributed by atoms with van der Waals surface area (Å²) in [5.41, 5.74) is 0. The number of quaternary nitrogens is 1. The average Bonchev–Trinajstić information content (AvgIpc) is 2.71. The van der Waals surface area contributed by atoms with E-state index in [-0.39, 0.29) is 19.3 Å². The third kappa shape index (κ3) is 12.1. The zero-order valence-electron chi connectivity index (χ0n) is 18.8. The lowest BCUT2D eigenvalue weighted by Gasteiger charge is -2.35. The predicted octanol–water partition coefficient (Wildman–Crippen LogP) is 6.90. The van der Waals surface area contributed by atoms with Gasteiger partial charge in [0.25, 0.3) is 0 Å². The van der Waals surface area contributed by atoms with Gasteiger partial charge in [0.05, 0.1) is 26.2 Å². The van der Waals surface area contributed by atoms with Crippen molar-refractivity contribution in [2.75, 3.05) is 26.2 Å². The van der Waals surface area contributed by atoms with E-state index in [1.807, 2.05) is 28.7 Å². The number of hydrogen-bond donors (Lipinski definition) is 0. The maximum Gasteiger partial charge on any atom is 0.434 e. The van der Waals surface area contributed by atoms with Crippen molar-refractivity contribution in [1.82, 2.24) is 0 Å². The fourth-order valence-electron chi connectivity index (χ4n) is 2.94. The van der Waals surface area contributed by atoms with Gasteiger partial charge in [-0.25, -0.2) is 0 Å². The molecule has 4 nitrogen and oxygen atoms in total. The molecule has 13 heteroatoms. The summed E-state index contributed by atoms with van der Waals surface area (Å²) >= 11 is 0. The van der Waals surface area contributed by atoms with Gasteiger partial charge in [-0.2, -0.15) is 39.2 Å². The van der Waals surface area contributed by atoms with Crippen LogP contribution in [0.3, 0.4) is 0 Å². The molecule has 0 saturated carbocycles. The first-order valence-corrected chi connectivity index (χ1v) is 11.6. The summed E-state index contributed by atoms with van der Waals surface area (Å²) < 4.78 is 122. The molecule has 0 amide bonds. The molecule has 0 aromatic carbocycles. The minimum atomic E-state index is -6.42. The van der Waals surface area contributed by atoms with Crippen LogP contribution in [0.5, 0.6) is 0 Å². The SMILES string of the molecule is C=CC[N+](CC=C)(CC=C)CC=C.O=S(=O)(OF)C(F)(F)C(F)(F)CCCCCCC(F)(F)F. The van der Waals surface area contributed by atoms with Gasteiger partial charge in [0, 0.05) is 12.8 Å². The highest BCUT2D eigenvalue weighted by atomic mass is 32.2. The predicted molar refractivity (Wildman–Crippen MR) is 115 cm³/mol. The van der Waals surface area contributed by atoms with E-state index in [0.29, 0.717) is 0 Å². The Morgan fingerprint density at radius 3 is 1.32 bits per heavy atom. The highest BCUT2D eigenvalue weighted by Gasteiger charge is 2.66. The molecule has 0 unspecified atom stereocenters. The van der Waals surface area contributed by atoms with Crippen molar-refractivity contribution < 1.29 is 52.5 Å². The molecule has 0 atom stereocenters. The smallest absolute Gasteiger partial charge is 0.311 e. The summed E-state index contributed by atoms with van der Waals surface area (Å²) in [5.74, 6) is -5.10. The maximum atomic E-state index is 13.0. The van der Waals surface area contributed by atoms with Crippen LogP contribution >= 0.6 is 0 Å². The monoisotopic (exact) mass is 530 g/mol. The van der Waals surface area contributed by atoms with Crippen molar-refractivity contribution in [2.24, 2.45) is 0 Å². The molecule has 34 heavy (non-hydrogen) atoms. The van der Waals surface area contributed by atoms with Crippen LogP contribution in [0.1, 0.15) is 38.5 Å². The van der Waals surface area contributed by atoms with Gasteiger partial charge < -0.3 is 4.48 Å². The van der Waals surface area contributed by atoms with E-state index < -0.39 is 46.7 Å². The van der Waals surface area contributed by atoms with Crippen molar-refractivity contribution in [3.63, 3.8) is 0 Å². The van der Waals surface area contributed by atoms with Gasteiger partial charge in [-0.1, -0.05) is 43.5 Å². The van der Waals surface area contributed by atoms with Crippen molar-refractivity contribution in [2.45, 2.75) is 55.9 Å². The Kier molecular flexibility index (Phi) is 15.5. The third-order valence-electron chi connectivity index (χ3n) is 4.59. The lowest BCUT2D eigenvalue weighted by atomic mass is 10.1. The second kappa shape index (κ2) is 15.3. The van der Waals surface area contributed by atoms with Crippen LogP contribution in [0, 0.1) is 0 Å². The van der Waals surface area contributed by atoms with Crippen LogP contribution in [-0.4, -0.2) is 56.4 Å². The van der Waals surface area contributed by atoms with E-state index in [1.54, 1.807) is 0 Å². The Bertz CT molecular complexity index is 691. The van der Waals surface area contributed by atoms with Crippen LogP contribution < -0.4 is 0 Å². The normalized spacial score (nSPS) is 12.9. The molecule has 0 fully saturated rings. The molecule has 200 valence electrons. The summed E-state index contributed by atoms with van der Waals surface area (Å²) in [5, 5.41) is -5.76. The molecule has 0 radical (unpaired) electrons. The van der Waals surface area contributed by atoms with Crippen LogP contribution in [0.25, 0.3) is 0 Å². The Hall–Kier alpha value is -1.73. The zero-order chi connectivity index (χ0) is 27.1. The maximum absolute atomic E-state index is 13.0. The Morgan fingerprint density at radius 1 is 0.676 bits per heavy atom. The molecule has 0 aromatic rings. The highest BCUT2D eigenvalue weighted by molar-refractivity contribution is 7.87. The summed E-state index contributed by atoms with van der Waals surface area (Å²) in [6.07, 6.45) is -0.798. The molecule has 0 saturated heterocycles. The van der Waals surface area contributed by atoms with Gasteiger partial charge in [-0.05, 0) is 41.7 Å². The van der Waals surface area contributed by atoms with E-state index in [9.17, 15) is 43.7 Å². The Morgan fingerprint density at radius 2 is 1.03 bits per heavy atom. The second-order valence-corrected chi connectivity index (χ2v) is 9.04. The first kappa shape index (κ1) is 34.4. The summed E-state index contributed by atoms with van der Waals surface area (Å²) in [6, 6.07) is 0. The van der Waals surface area contributed by atoms with Gasteiger partial charge in [0.15, 0.2) is 0 Å². The number of rotatable bonds is 17. The number of halogens is 8. The van der Waals surface area contributed by atoms with E-state index in [4.69, 9.17) is 0 Å². The molecule has 0 heterocycles. The molecule has 0 N–H and O–H groups in total. The van der Waals surface area contributed by atoms with Gasteiger partial charge in [0.1, 0.15) is 0 Å². The van der Waals surface area contributed by atoms with Crippen LogP contribution in [0.2, 0.25) is 0 Å². The highest BCUT2D eigenvalue weighted by Crippen LogP contribution is 2.43. The molecule has 0 rings (SSSR count). The number of nitrogens with zero attached hydrogens (tertiary/aromatic N) is 1. The van der Waals surface area contributed by atoms with Gasteiger partial charge >= 0.3 is 27.5 Å². The Balaban J connectivity index is 0. The van der Waals surface area contributed by atoms with Crippen LogP contribution in [-0.2, 0) is 14.5 Å². The number of unbranched alkanes of at least 4 members (excludes halogenated alkanes) is 3. The van der Waals surface area contributed by atoms with Gasteiger partial charge in [0.2, 0.25) is 0 Å². The van der Waals surface area contributed by atoms with Crippen molar-refractivity contribution in [3.8, 4) is 0 Å². The van der Waals surface area contributed by atoms with Crippen molar-refractivity contribution >= 4 is 10.1 Å². The molecule has 0 aliphatic carbocycles. The van der Waals surface area contributed by atoms with Crippen LogP contribution in [0.15, 0.2) is 50.6 Å².